The molecule has 0 radical (unpaired) electrons. The van der Waals surface area contributed by atoms with E-state index in [9.17, 15) is 4.79 Å². The molecule has 3 aliphatic rings. The van der Waals surface area contributed by atoms with E-state index in [1.807, 2.05) is 18.2 Å². The Labute approximate surface area is 131 Å². The molecule has 22 heavy (non-hydrogen) atoms. The number of amides is 1. The highest BCUT2D eigenvalue weighted by Crippen LogP contribution is 2.47. The number of fused-ring (bicyclic) bond motifs is 1. The van der Waals surface area contributed by atoms with Gasteiger partial charge in [0.05, 0.1) is 18.6 Å². The Morgan fingerprint density at radius 2 is 2.05 bits per heavy atom. The number of para-hydroxylation sites is 1. The molecule has 1 N–H and O–H groups in total. The average molecular weight is 301 g/mol. The highest BCUT2D eigenvalue weighted by atomic mass is 16.5. The fraction of sp³-hybridized carbons (Fsp3) is 0.611. The zero-order valence-corrected chi connectivity index (χ0v) is 12.8. The van der Waals surface area contributed by atoms with Gasteiger partial charge < -0.3 is 14.8 Å². The first kappa shape index (κ1) is 14.1. The first-order chi connectivity index (χ1) is 10.8. The lowest BCUT2D eigenvalue weighted by Gasteiger charge is -2.40. The molecule has 1 spiro atoms. The molecule has 1 aromatic rings. The van der Waals surface area contributed by atoms with Crippen LogP contribution in [-0.4, -0.2) is 24.7 Å². The van der Waals surface area contributed by atoms with Crippen LogP contribution in [0.4, 0.5) is 0 Å². The van der Waals surface area contributed by atoms with Crippen LogP contribution in [-0.2, 0) is 9.53 Å². The van der Waals surface area contributed by atoms with Crippen molar-refractivity contribution in [3.8, 4) is 5.75 Å². The van der Waals surface area contributed by atoms with Gasteiger partial charge in [-0.2, -0.15) is 0 Å². The van der Waals surface area contributed by atoms with Crippen molar-refractivity contribution < 1.29 is 14.3 Å². The van der Waals surface area contributed by atoms with E-state index < -0.39 is 0 Å². The quantitative estimate of drug-likeness (QED) is 0.913. The minimum absolute atomic E-state index is 0.00883. The summed E-state index contributed by atoms with van der Waals surface area (Å²) in [6.07, 6.45) is 6.37. The summed E-state index contributed by atoms with van der Waals surface area (Å²) in [6, 6.07) is 8.21. The Hall–Kier alpha value is -1.55. The van der Waals surface area contributed by atoms with Crippen LogP contribution in [0.2, 0.25) is 0 Å². The largest absolute Gasteiger partial charge is 0.487 e. The monoisotopic (exact) mass is 301 g/mol. The summed E-state index contributed by atoms with van der Waals surface area (Å²) in [5.74, 6) is 1.09. The fourth-order valence-corrected chi connectivity index (χ4v) is 4.10. The van der Waals surface area contributed by atoms with Gasteiger partial charge in [0.1, 0.15) is 11.4 Å². The smallest absolute Gasteiger partial charge is 0.226 e. The molecule has 1 aliphatic carbocycles. The average Bonchev–Trinajstić information content (AvgIpc) is 3.19. The lowest BCUT2D eigenvalue weighted by atomic mass is 9.85. The molecular weight excluding hydrogens is 278 g/mol. The van der Waals surface area contributed by atoms with Crippen molar-refractivity contribution >= 4 is 5.91 Å². The van der Waals surface area contributed by atoms with Crippen LogP contribution in [0.5, 0.6) is 5.75 Å². The van der Waals surface area contributed by atoms with Crippen LogP contribution in [0.15, 0.2) is 24.3 Å². The van der Waals surface area contributed by atoms with Gasteiger partial charge in [-0.25, -0.2) is 0 Å². The van der Waals surface area contributed by atoms with Gasteiger partial charge in [-0.15, -0.1) is 0 Å². The third-order valence-corrected chi connectivity index (χ3v) is 5.33. The van der Waals surface area contributed by atoms with Crippen LogP contribution in [0.25, 0.3) is 0 Å². The van der Waals surface area contributed by atoms with Crippen molar-refractivity contribution in [2.45, 2.75) is 50.2 Å². The first-order valence-corrected chi connectivity index (χ1v) is 8.42. The second kappa shape index (κ2) is 5.58. The Morgan fingerprint density at radius 1 is 1.23 bits per heavy atom. The third kappa shape index (κ3) is 2.50. The number of carbonyl (C=O) groups excluding carboxylic acids is 1. The van der Waals surface area contributed by atoms with Crippen molar-refractivity contribution in [3.63, 3.8) is 0 Å². The van der Waals surface area contributed by atoms with Gasteiger partial charge >= 0.3 is 0 Å². The van der Waals surface area contributed by atoms with Gasteiger partial charge in [-0.1, -0.05) is 18.2 Å². The molecular formula is C18H23NO3. The summed E-state index contributed by atoms with van der Waals surface area (Å²) >= 11 is 0. The SMILES string of the molecule is O=C(NC1CC2(CCCC2)Oc2ccccc21)C1CCOC1. The molecule has 2 aliphatic heterocycles. The Bertz CT molecular complexity index is 559. The summed E-state index contributed by atoms with van der Waals surface area (Å²) in [6.45, 7) is 1.26. The predicted octanol–water partition coefficient (Wildman–Crippen LogP) is 2.98. The Morgan fingerprint density at radius 3 is 2.82 bits per heavy atom. The van der Waals surface area contributed by atoms with E-state index in [-0.39, 0.29) is 23.5 Å². The summed E-state index contributed by atoms with van der Waals surface area (Å²) in [7, 11) is 0. The number of hydrogen-bond donors (Lipinski definition) is 1. The highest BCUT2D eigenvalue weighted by molar-refractivity contribution is 5.79. The van der Waals surface area contributed by atoms with Crippen LogP contribution < -0.4 is 10.1 Å². The number of benzene rings is 1. The van der Waals surface area contributed by atoms with E-state index in [0.717, 1.165) is 37.0 Å². The first-order valence-electron chi connectivity index (χ1n) is 8.42. The lowest BCUT2D eigenvalue weighted by Crippen LogP contribution is -2.44. The minimum atomic E-state index is -0.0710. The van der Waals surface area contributed by atoms with E-state index >= 15 is 0 Å². The van der Waals surface area contributed by atoms with Gasteiger partial charge in [0, 0.05) is 18.6 Å². The second-order valence-corrected chi connectivity index (χ2v) is 6.86. The van der Waals surface area contributed by atoms with Gasteiger partial charge in [-0.3, -0.25) is 4.79 Å². The topological polar surface area (TPSA) is 47.6 Å². The molecule has 1 saturated heterocycles. The minimum Gasteiger partial charge on any atom is -0.487 e. The van der Waals surface area contributed by atoms with Crippen molar-refractivity contribution in [2.24, 2.45) is 5.92 Å². The lowest BCUT2D eigenvalue weighted by molar-refractivity contribution is -0.126. The van der Waals surface area contributed by atoms with Crippen molar-refractivity contribution in [1.29, 1.82) is 0 Å². The normalized spacial score (nSPS) is 29.1. The molecule has 0 bridgehead atoms. The number of rotatable bonds is 2. The van der Waals surface area contributed by atoms with Gasteiger partial charge in [-0.05, 0) is 38.2 Å². The highest BCUT2D eigenvalue weighted by Gasteiger charge is 2.43. The van der Waals surface area contributed by atoms with Crippen LogP contribution in [0.3, 0.4) is 0 Å². The Balaban J connectivity index is 1.58. The maximum atomic E-state index is 12.5. The maximum Gasteiger partial charge on any atom is 0.226 e. The molecule has 2 unspecified atom stereocenters. The maximum absolute atomic E-state index is 12.5. The molecule has 4 heteroatoms. The van der Waals surface area contributed by atoms with Gasteiger partial charge in [0.2, 0.25) is 5.91 Å². The molecule has 2 heterocycles. The summed E-state index contributed by atoms with van der Waals surface area (Å²) in [4.78, 5) is 12.5. The zero-order valence-electron chi connectivity index (χ0n) is 12.8. The summed E-state index contributed by atoms with van der Waals surface area (Å²) in [5.41, 5.74) is 1.05. The molecule has 1 aromatic carbocycles. The van der Waals surface area contributed by atoms with Gasteiger partial charge in [0.15, 0.2) is 0 Å². The molecule has 1 amide bonds. The van der Waals surface area contributed by atoms with E-state index in [0.29, 0.717) is 13.2 Å². The second-order valence-electron chi connectivity index (χ2n) is 6.86. The molecule has 4 nitrogen and oxygen atoms in total. The van der Waals surface area contributed by atoms with E-state index in [1.165, 1.54) is 12.8 Å². The third-order valence-electron chi connectivity index (χ3n) is 5.33. The van der Waals surface area contributed by atoms with E-state index in [2.05, 4.69) is 11.4 Å². The van der Waals surface area contributed by atoms with Crippen LogP contribution >= 0.6 is 0 Å². The molecule has 1 saturated carbocycles. The number of nitrogens with one attached hydrogen (secondary N) is 1. The molecule has 0 aromatic heterocycles. The van der Waals surface area contributed by atoms with Crippen molar-refractivity contribution in [3.05, 3.63) is 29.8 Å². The van der Waals surface area contributed by atoms with E-state index in [4.69, 9.17) is 9.47 Å². The van der Waals surface area contributed by atoms with Gasteiger partial charge in [0.25, 0.3) is 0 Å². The van der Waals surface area contributed by atoms with Crippen molar-refractivity contribution in [2.75, 3.05) is 13.2 Å². The van der Waals surface area contributed by atoms with E-state index in [1.54, 1.807) is 0 Å². The number of hydrogen-bond acceptors (Lipinski definition) is 3. The Kier molecular flexibility index (Phi) is 3.57. The number of ether oxygens (including phenoxy) is 2. The standard InChI is InChI=1S/C18H23NO3/c20-17(13-7-10-21-12-13)19-15-11-18(8-3-4-9-18)22-16-6-2-1-5-14(15)16/h1-2,5-6,13,15H,3-4,7-12H2,(H,19,20). The predicted molar refractivity (Wildman–Crippen MR) is 82.7 cm³/mol. The van der Waals surface area contributed by atoms with Crippen LogP contribution in [0, 0.1) is 5.92 Å². The zero-order chi connectivity index (χ0) is 15.0. The molecule has 2 atom stereocenters. The summed E-state index contributed by atoms with van der Waals surface area (Å²) in [5, 5.41) is 3.27. The molecule has 2 fully saturated rings. The number of carbonyl (C=O) groups is 1. The fourth-order valence-electron chi connectivity index (χ4n) is 4.10. The van der Waals surface area contributed by atoms with Crippen LogP contribution in [0.1, 0.15) is 50.1 Å². The molecule has 4 rings (SSSR count). The summed E-state index contributed by atoms with van der Waals surface area (Å²) < 4.78 is 11.7. The molecule has 118 valence electrons. The van der Waals surface area contributed by atoms with Crippen molar-refractivity contribution in [1.82, 2.24) is 5.32 Å².